The molecule has 0 spiro atoms. The van der Waals surface area contributed by atoms with E-state index in [4.69, 9.17) is 4.99 Å². The van der Waals surface area contributed by atoms with Crippen molar-refractivity contribution in [3.63, 3.8) is 0 Å². The van der Waals surface area contributed by atoms with E-state index in [9.17, 15) is 0 Å². The number of benzene rings is 1. The van der Waals surface area contributed by atoms with Gasteiger partial charge in [0, 0.05) is 51.7 Å². The molecule has 6 nitrogen and oxygen atoms in total. The molecule has 2 aliphatic rings. The SMILES string of the molecule is CCNC(=NCc1ccc(N2CC=CC2)cc1)N1CCC(Cc2cnn(C)c2)C1. The van der Waals surface area contributed by atoms with Gasteiger partial charge in [-0.15, -0.1) is 0 Å². The smallest absolute Gasteiger partial charge is 0.194 e. The van der Waals surface area contributed by atoms with Crippen molar-refractivity contribution in [2.75, 3.05) is 37.6 Å². The van der Waals surface area contributed by atoms with Gasteiger partial charge in [-0.05, 0) is 48.9 Å². The molecule has 154 valence electrons. The lowest BCUT2D eigenvalue weighted by Crippen LogP contribution is -2.40. The van der Waals surface area contributed by atoms with E-state index in [1.165, 1.54) is 23.2 Å². The van der Waals surface area contributed by atoms with Crippen molar-refractivity contribution in [1.82, 2.24) is 20.0 Å². The molecule has 1 atom stereocenters. The first-order valence-electron chi connectivity index (χ1n) is 10.7. The van der Waals surface area contributed by atoms with Crippen molar-refractivity contribution in [3.05, 3.63) is 59.9 Å². The highest BCUT2D eigenvalue weighted by molar-refractivity contribution is 5.80. The van der Waals surface area contributed by atoms with Crippen molar-refractivity contribution in [2.24, 2.45) is 18.0 Å². The summed E-state index contributed by atoms with van der Waals surface area (Å²) in [4.78, 5) is 9.70. The van der Waals surface area contributed by atoms with Crippen LogP contribution in [0, 0.1) is 5.92 Å². The van der Waals surface area contributed by atoms with Gasteiger partial charge in [0.2, 0.25) is 0 Å². The fraction of sp³-hybridized carbons (Fsp3) is 0.478. The van der Waals surface area contributed by atoms with Crippen LogP contribution in [0.15, 0.2) is 53.8 Å². The van der Waals surface area contributed by atoms with Crippen molar-refractivity contribution in [1.29, 1.82) is 0 Å². The zero-order chi connectivity index (χ0) is 20.1. The van der Waals surface area contributed by atoms with Gasteiger partial charge in [-0.1, -0.05) is 24.3 Å². The monoisotopic (exact) mass is 392 g/mol. The van der Waals surface area contributed by atoms with Crippen molar-refractivity contribution < 1.29 is 0 Å². The first-order chi connectivity index (χ1) is 14.2. The lowest BCUT2D eigenvalue weighted by atomic mass is 10.0. The number of likely N-dealkylation sites (tertiary alicyclic amines) is 1. The summed E-state index contributed by atoms with van der Waals surface area (Å²) in [6, 6.07) is 8.83. The quantitative estimate of drug-likeness (QED) is 0.467. The number of nitrogens with one attached hydrogen (secondary N) is 1. The minimum atomic E-state index is 0.663. The average molecular weight is 393 g/mol. The molecule has 1 aromatic carbocycles. The molecular weight excluding hydrogens is 360 g/mol. The van der Waals surface area contributed by atoms with Crippen LogP contribution in [0.3, 0.4) is 0 Å². The lowest BCUT2D eigenvalue weighted by molar-refractivity contribution is 0.460. The number of rotatable bonds is 6. The molecule has 1 aromatic heterocycles. The van der Waals surface area contributed by atoms with Gasteiger partial charge in [-0.2, -0.15) is 5.10 Å². The number of aromatic nitrogens is 2. The van der Waals surface area contributed by atoms with Crippen LogP contribution in [0.25, 0.3) is 0 Å². The second kappa shape index (κ2) is 9.16. The molecule has 29 heavy (non-hydrogen) atoms. The van der Waals surface area contributed by atoms with Gasteiger partial charge >= 0.3 is 0 Å². The maximum absolute atomic E-state index is 4.93. The lowest BCUT2D eigenvalue weighted by Gasteiger charge is -2.22. The van der Waals surface area contributed by atoms with Gasteiger partial charge in [0.05, 0.1) is 12.7 Å². The second-order valence-corrected chi connectivity index (χ2v) is 8.04. The number of hydrogen-bond acceptors (Lipinski definition) is 3. The van der Waals surface area contributed by atoms with Gasteiger partial charge in [-0.25, -0.2) is 4.99 Å². The Kier molecular flexibility index (Phi) is 6.17. The van der Waals surface area contributed by atoms with Gasteiger partial charge in [-0.3, -0.25) is 4.68 Å². The zero-order valence-electron chi connectivity index (χ0n) is 17.6. The highest BCUT2D eigenvalue weighted by Crippen LogP contribution is 2.21. The van der Waals surface area contributed by atoms with Gasteiger partial charge in [0.1, 0.15) is 0 Å². The Labute approximate surface area is 173 Å². The molecule has 0 radical (unpaired) electrons. The Morgan fingerprint density at radius 1 is 1.17 bits per heavy atom. The van der Waals surface area contributed by atoms with E-state index in [0.29, 0.717) is 12.5 Å². The fourth-order valence-electron chi connectivity index (χ4n) is 4.20. The van der Waals surface area contributed by atoms with E-state index in [0.717, 1.165) is 45.1 Å². The minimum absolute atomic E-state index is 0.663. The largest absolute Gasteiger partial charge is 0.364 e. The zero-order valence-corrected chi connectivity index (χ0v) is 17.6. The molecule has 0 saturated carbocycles. The Morgan fingerprint density at radius 2 is 1.97 bits per heavy atom. The Balaban J connectivity index is 1.35. The van der Waals surface area contributed by atoms with E-state index < -0.39 is 0 Å². The maximum Gasteiger partial charge on any atom is 0.194 e. The van der Waals surface area contributed by atoms with E-state index in [-0.39, 0.29) is 0 Å². The van der Waals surface area contributed by atoms with Crippen molar-refractivity contribution in [3.8, 4) is 0 Å². The standard InChI is InChI=1S/C23H32N6/c1-3-24-23(29-13-10-20(18-29)14-21-16-26-27(2)17-21)25-15-19-6-8-22(9-7-19)28-11-4-5-12-28/h4-9,16-17,20H,3,10-15,18H2,1-2H3,(H,24,25). The molecule has 0 aliphatic carbocycles. The first kappa shape index (κ1) is 19.6. The van der Waals surface area contributed by atoms with Gasteiger partial charge in [0.15, 0.2) is 5.96 Å². The van der Waals surface area contributed by atoms with Crippen LogP contribution in [-0.4, -0.2) is 53.4 Å². The molecule has 2 aromatic rings. The Bertz CT molecular complexity index is 843. The number of nitrogens with zero attached hydrogens (tertiary/aromatic N) is 5. The fourth-order valence-corrected chi connectivity index (χ4v) is 4.20. The second-order valence-electron chi connectivity index (χ2n) is 8.04. The third-order valence-electron chi connectivity index (χ3n) is 5.73. The van der Waals surface area contributed by atoms with E-state index in [1.807, 2.05) is 17.9 Å². The van der Waals surface area contributed by atoms with E-state index >= 15 is 0 Å². The molecule has 2 aliphatic heterocycles. The Hall–Kier alpha value is -2.76. The summed E-state index contributed by atoms with van der Waals surface area (Å²) in [7, 11) is 1.98. The summed E-state index contributed by atoms with van der Waals surface area (Å²) >= 11 is 0. The van der Waals surface area contributed by atoms with Crippen molar-refractivity contribution in [2.45, 2.75) is 26.3 Å². The van der Waals surface area contributed by atoms with Crippen molar-refractivity contribution >= 4 is 11.6 Å². The van der Waals surface area contributed by atoms with E-state index in [2.05, 4.69) is 69.8 Å². The third-order valence-corrected chi connectivity index (χ3v) is 5.73. The summed E-state index contributed by atoms with van der Waals surface area (Å²) in [6.45, 7) is 7.89. The number of anilines is 1. The number of hydrogen-bond donors (Lipinski definition) is 1. The molecule has 4 rings (SSSR count). The third kappa shape index (κ3) is 5.00. The molecule has 0 amide bonds. The predicted octanol–water partition coefficient (Wildman–Crippen LogP) is 2.83. The van der Waals surface area contributed by atoms with Crippen LogP contribution in [0.2, 0.25) is 0 Å². The summed E-state index contributed by atoms with van der Waals surface area (Å²) in [5, 5.41) is 7.78. The molecule has 1 N–H and O–H groups in total. The van der Waals surface area contributed by atoms with Gasteiger partial charge < -0.3 is 15.1 Å². The molecule has 3 heterocycles. The summed E-state index contributed by atoms with van der Waals surface area (Å²) in [6.07, 6.45) is 10.9. The average Bonchev–Trinajstić information content (AvgIpc) is 3.49. The normalized spacial score (nSPS) is 19.4. The van der Waals surface area contributed by atoms with E-state index in [1.54, 1.807) is 0 Å². The van der Waals surface area contributed by atoms with Crippen LogP contribution in [0.4, 0.5) is 5.69 Å². The molecule has 0 bridgehead atoms. The van der Waals surface area contributed by atoms with Gasteiger partial charge in [0.25, 0.3) is 0 Å². The molecular formula is C23H32N6. The predicted molar refractivity (Wildman–Crippen MR) is 119 cm³/mol. The topological polar surface area (TPSA) is 48.7 Å². The first-order valence-corrected chi connectivity index (χ1v) is 10.7. The molecule has 1 unspecified atom stereocenters. The van der Waals surface area contributed by atoms with Crippen LogP contribution >= 0.6 is 0 Å². The molecule has 6 heteroatoms. The van der Waals surface area contributed by atoms with Crippen LogP contribution < -0.4 is 10.2 Å². The minimum Gasteiger partial charge on any atom is -0.364 e. The number of aryl methyl sites for hydroxylation is 1. The molecule has 1 fully saturated rings. The number of guanidine groups is 1. The summed E-state index contributed by atoms with van der Waals surface area (Å²) in [5.41, 5.74) is 3.87. The molecule has 1 saturated heterocycles. The highest BCUT2D eigenvalue weighted by atomic mass is 15.3. The summed E-state index contributed by atoms with van der Waals surface area (Å²) in [5.74, 6) is 1.70. The van der Waals surface area contributed by atoms with Crippen LogP contribution in [0.5, 0.6) is 0 Å². The maximum atomic E-state index is 4.93. The van der Waals surface area contributed by atoms with Crippen LogP contribution in [0.1, 0.15) is 24.5 Å². The van der Waals surface area contributed by atoms with Crippen LogP contribution in [-0.2, 0) is 20.0 Å². The number of aliphatic imine (C=N–C) groups is 1. The summed E-state index contributed by atoms with van der Waals surface area (Å²) < 4.78 is 1.89. The Morgan fingerprint density at radius 3 is 2.66 bits per heavy atom. The highest BCUT2D eigenvalue weighted by Gasteiger charge is 2.25.